The first kappa shape index (κ1) is 32.5. The van der Waals surface area contributed by atoms with Crippen LogP contribution in [0.2, 0.25) is 0 Å². The Balaban J connectivity index is 1.35. The van der Waals surface area contributed by atoms with E-state index in [2.05, 4.69) is 53.9 Å². The molecule has 1 fully saturated rings. The molecule has 47 heavy (non-hydrogen) atoms. The Morgan fingerprint density at radius 1 is 0.915 bits per heavy atom. The van der Waals surface area contributed by atoms with Crippen molar-refractivity contribution < 1.29 is 19.0 Å². The molecule has 2 aromatic carbocycles. The van der Waals surface area contributed by atoms with E-state index in [1.54, 1.807) is 14.2 Å². The summed E-state index contributed by atoms with van der Waals surface area (Å²) in [6.07, 6.45) is 9.36. The molecule has 4 aromatic rings. The third kappa shape index (κ3) is 6.69. The van der Waals surface area contributed by atoms with Crippen molar-refractivity contribution in [1.82, 2.24) is 14.3 Å². The number of likely N-dealkylation sites (tertiary alicyclic amines) is 1. The summed E-state index contributed by atoms with van der Waals surface area (Å²) < 4.78 is 18.9. The Hall–Kier alpha value is -4.46. The van der Waals surface area contributed by atoms with Crippen molar-refractivity contribution in [3.05, 3.63) is 83.3 Å². The molecule has 0 radical (unpaired) electrons. The predicted octanol–water partition coefficient (Wildman–Crippen LogP) is 8.83. The van der Waals surface area contributed by atoms with Gasteiger partial charge < -0.3 is 28.8 Å². The largest absolute Gasteiger partial charge is 0.497 e. The second kappa shape index (κ2) is 13.0. The molecule has 0 atom stereocenters. The van der Waals surface area contributed by atoms with E-state index in [4.69, 9.17) is 19.2 Å². The molecule has 248 valence electrons. The Morgan fingerprint density at radius 3 is 2.13 bits per heavy atom. The number of piperidine rings is 1. The monoisotopic (exact) mass is 636 g/mol. The van der Waals surface area contributed by atoms with Gasteiger partial charge in [0.2, 0.25) is 0 Å². The van der Waals surface area contributed by atoms with Crippen LogP contribution in [0.1, 0.15) is 75.4 Å². The maximum absolute atomic E-state index is 12.7. The number of benzene rings is 2. The number of rotatable bonds is 7. The molecule has 8 nitrogen and oxygen atoms in total. The highest BCUT2D eigenvalue weighted by molar-refractivity contribution is 5.98. The molecule has 1 aliphatic heterocycles. The maximum Gasteiger partial charge on any atom is 0.410 e. The third-order valence-electron chi connectivity index (χ3n) is 9.87. The lowest BCUT2D eigenvalue weighted by molar-refractivity contribution is 0.00896. The number of carbonyl (C=O) groups excluding carboxylic acids is 1. The van der Waals surface area contributed by atoms with Gasteiger partial charge in [0.05, 0.1) is 19.7 Å². The van der Waals surface area contributed by atoms with Crippen molar-refractivity contribution in [2.24, 2.45) is 5.41 Å². The van der Waals surface area contributed by atoms with E-state index in [-0.39, 0.29) is 11.5 Å². The number of ether oxygens (including phenoxy) is 3. The van der Waals surface area contributed by atoms with Crippen LogP contribution in [0.3, 0.4) is 0 Å². The van der Waals surface area contributed by atoms with E-state index >= 15 is 0 Å². The number of methoxy groups -OCH3 is 2. The standard InChI is InChI=1S/C39H48N4O4/c1-26-24-40-36(41-25-28-8-12-31(45-6)13-9-28)35-34(29-10-14-32(46-7)15-11-29)33(27(2)43(26)35)30-16-18-39(19-17-30)20-22-42(23-21-39)37(44)47-38(3,4)5/h8-16,24H,17-23,25H2,1-7H3,(H,40,41). The fraction of sp³-hybridized carbons (Fsp3) is 0.436. The van der Waals surface area contributed by atoms with Crippen LogP contribution in [0, 0.1) is 19.3 Å². The van der Waals surface area contributed by atoms with Crippen molar-refractivity contribution in [1.29, 1.82) is 0 Å². The summed E-state index contributed by atoms with van der Waals surface area (Å²) in [5, 5.41) is 3.66. The molecule has 1 amide bonds. The predicted molar refractivity (Wildman–Crippen MR) is 188 cm³/mol. The summed E-state index contributed by atoms with van der Waals surface area (Å²) in [5.41, 5.74) is 9.31. The van der Waals surface area contributed by atoms with E-state index in [1.807, 2.05) is 56.1 Å². The van der Waals surface area contributed by atoms with Gasteiger partial charge >= 0.3 is 6.09 Å². The van der Waals surface area contributed by atoms with Crippen LogP contribution >= 0.6 is 0 Å². The van der Waals surface area contributed by atoms with Crippen molar-refractivity contribution in [3.8, 4) is 22.6 Å². The van der Waals surface area contributed by atoms with Gasteiger partial charge in [-0.05, 0) is 113 Å². The number of hydrogen-bond donors (Lipinski definition) is 1. The number of nitrogens with zero attached hydrogens (tertiary/aromatic N) is 3. The molecule has 1 N–H and O–H groups in total. The summed E-state index contributed by atoms with van der Waals surface area (Å²) in [6.45, 7) is 12.3. The second-order valence-electron chi connectivity index (χ2n) is 14.1. The Kier molecular flexibility index (Phi) is 8.97. The van der Waals surface area contributed by atoms with Crippen LogP contribution in [0.15, 0.2) is 60.8 Å². The van der Waals surface area contributed by atoms with Crippen LogP contribution in [-0.4, -0.2) is 53.3 Å². The highest BCUT2D eigenvalue weighted by Crippen LogP contribution is 2.49. The number of aryl methyl sites for hydroxylation is 2. The van der Waals surface area contributed by atoms with Gasteiger partial charge in [0.1, 0.15) is 17.1 Å². The molecule has 1 spiro atoms. The van der Waals surface area contributed by atoms with E-state index < -0.39 is 5.60 Å². The van der Waals surface area contributed by atoms with Gasteiger partial charge in [0, 0.05) is 48.3 Å². The first-order valence-electron chi connectivity index (χ1n) is 16.7. The zero-order chi connectivity index (χ0) is 33.3. The number of amides is 1. The topological polar surface area (TPSA) is 77.3 Å². The third-order valence-corrected chi connectivity index (χ3v) is 9.87. The Morgan fingerprint density at radius 2 is 1.55 bits per heavy atom. The number of allylic oxidation sites excluding steroid dienone is 2. The van der Waals surface area contributed by atoms with Gasteiger partial charge in [-0.25, -0.2) is 9.78 Å². The average Bonchev–Trinajstić information content (AvgIpc) is 3.38. The molecular formula is C39H48N4O4. The van der Waals surface area contributed by atoms with Gasteiger partial charge in [0.25, 0.3) is 0 Å². The van der Waals surface area contributed by atoms with E-state index in [9.17, 15) is 4.79 Å². The normalized spacial score (nSPS) is 16.2. The highest BCUT2D eigenvalue weighted by atomic mass is 16.6. The number of fused-ring (bicyclic) bond motifs is 1. The number of hydrogen-bond acceptors (Lipinski definition) is 6. The molecule has 1 aliphatic carbocycles. The molecule has 0 unspecified atom stereocenters. The molecule has 3 heterocycles. The molecule has 0 saturated carbocycles. The van der Waals surface area contributed by atoms with Gasteiger partial charge in [-0.3, -0.25) is 0 Å². The fourth-order valence-electron chi connectivity index (χ4n) is 7.24. The van der Waals surface area contributed by atoms with Gasteiger partial charge in [-0.1, -0.05) is 30.3 Å². The molecule has 6 rings (SSSR count). The van der Waals surface area contributed by atoms with Crippen molar-refractivity contribution in [2.75, 3.05) is 32.6 Å². The lowest BCUT2D eigenvalue weighted by Crippen LogP contribution is -2.45. The lowest BCUT2D eigenvalue weighted by Gasteiger charge is -2.43. The summed E-state index contributed by atoms with van der Waals surface area (Å²) in [5.74, 6) is 2.53. The molecular weight excluding hydrogens is 588 g/mol. The zero-order valence-corrected chi connectivity index (χ0v) is 28.9. The number of aromatic nitrogens is 2. The minimum absolute atomic E-state index is 0.194. The van der Waals surface area contributed by atoms with Crippen LogP contribution in [-0.2, 0) is 11.3 Å². The summed E-state index contributed by atoms with van der Waals surface area (Å²) in [4.78, 5) is 19.6. The maximum atomic E-state index is 12.7. The molecule has 8 heteroatoms. The van der Waals surface area contributed by atoms with E-state index in [0.29, 0.717) is 6.54 Å². The lowest BCUT2D eigenvalue weighted by atomic mass is 9.68. The minimum Gasteiger partial charge on any atom is -0.497 e. The molecule has 2 aliphatic rings. The van der Waals surface area contributed by atoms with Crippen LogP contribution in [0.5, 0.6) is 11.5 Å². The minimum atomic E-state index is -0.478. The highest BCUT2D eigenvalue weighted by Gasteiger charge is 2.39. The first-order valence-corrected chi connectivity index (χ1v) is 16.7. The van der Waals surface area contributed by atoms with E-state index in [0.717, 1.165) is 84.8 Å². The summed E-state index contributed by atoms with van der Waals surface area (Å²) in [6, 6.07) is 16.5. The molecule has 1 saturated heterocycles. The Labute approximate surface area is 278 Å². The van der Waals surface area contributed by atoms with Gasteiger partial charge in [-0.2, -0.15) is 0 Å². The average molecular weight is 637 g/mol. The SMILES string of the molecule is COc1ccc(CNc2ncc(C)n3c(C)c(C4=CCC5(CC4)CCN(C(=O)OC(C)(C)C)CC5)c(-c4ccc(OC)cc4)c23)cc1. The smallest absolute Gasteiger partial charge is 0.410 e. The van der Waals surface area contributed by atoms with Crippen molar-refractivity contribution in [3.63, 3.8) is 0 Å². The molecule has 2 aromatic heterocycles. The fourth-order valence-corrected chi connectivity index (χ4v) is 7.24. The summed E-state index contributed by atoms with van der Waals surface area (Å²) >= 11 is 0. The molecule has 0 bridgehead atoms. The number of anilines is 1. The van der Waals surface area contributed by atoms with E-state index in [1.165, 1.54) is 22.4 Å². The Bertz CT molecular complexity index is 1770. The van der Waals surface area contributed by atoms with Gasteiger partial charge in [-0.15, -0.1) is 0 Å². The van der Waals surface area contributed by atoms with Crippen LogP contribution < -0.4 is 14.8 Å². The second-order valence-corrected chi connectivity index (χ2v) is 14.1. The summed E-state index contributed by atoms with van der Waals surface area (Å²) in [7, 11) is 3.39. The number of carbonyl (C=O) groups is 1. The van der Waals surface area contributed by atoms with Crippen molar-refractivity contribution in [2.45, 2.75) is 78.9 Å². The van der Waals surface area contributed by atoms with Crippen LogP contribution in [0.4, 0.5) is 10.6 Å². The number of nitrogens with one attached hydrogen (secondary N) is 1. The van der Waals surface area contributed by atoms with Crippen LogP contribution in [0.25, 0.3) is 22.2 Å². The zero-order valence-electron chi connectivity index (χ0n) is 28.9. The van der Waals surface area contributed by atoms with Gasteiger partial charge in [0.15, 0.2) is 5.82 Å². The first-order chi connectivity index (χ1) is 22.5. The van der Waals surface area contributed by atoms with Crippen molar-refractivity contribution >= 4 is 23.0 Å². The quantitative estimate of drug-likeness (QED) is 0.218.